The van der Waals surface area contributed by atoms with Crippen molar-refractivity contribution in [2.75, 3.05) is 20.2 Å². The van der Waals surface area contributed by atoms with E-state index in [9.17, 15) is 0 Å². The van der Waals surface area contributed by atoms with Gasteiger partial charge in [-0.15, -0.1) is 0 Å². The van der Waals surface area contributed by atoms with Crippen molar-refractivity contribution in [3.63, 3.8) is 0 Å². The van der Waals surface area contributed by atoms with Gasteiger partial charge in [-0.25, -0.2) is 4.98 Å². The van der Waals surface area contributed by atoms with Crippen molar-refractivity contribution in [3.05, 3.63) is 23.9 Å². The van der Waals surface area contributed by atoms with Crippen molar-refractivity contribution >= 4 is 0 Å². The SMILES string of the molecule is CC(C)CCCCOc1ccc(CN(C)CC(C)C)cn1. The maximum atomic E-state index is 5.69. The number of hydrogen-bond donors (Lipinski definition) is 0. The van der Waals surface area contributed by atoms with Crippen LogP contribution in [0.2, 0.25) is 0 Å². The van der Waals surface area contributed by atoms with Crippen LogP contribution >= 0.6 is 0 Å². The Hall–Kier alpha value is -1.09. The largest absolute Gasteiger partial charge is 0.478 e. The Labute approximate surface area is 130 Å². The van der Waals surface area contributed by atoms with E-state index in [4.69, 9.17) is 4.74 Å². The molecule has 120 valence electrons. The van der Waals surface area contributed by atoms with E-state index in [1.165, 1.54) is 18.4 Å². The first-order valence-corrected chi connectivity index (χ1v) is 8.23. The van der Waals surface area contributed by atoms with Crippen LogP contribution in [0.3, 0.4) is 0 Å². The molecule has 0 aliphatic rings. The second-order valence-electron chi connectivity index (χ2n) is 6.83. The molecule has 0 saturated heterocycles. The van der Waals surface area contributed by atoms with Gasteiger partial charge in [-0.2, -0.15) is 0 Å². The monoisotopic (exact) mass is 292 g/mol. The van der Waals surface area contributed by atoms with Crippen LogP contribution in [-0.4, -0.2) is 30.1 Å². The number of rotatable bonds is 10. The van der Waals surface area contributed by atoms with Gasteiger partial charge in [-0.05, 0) is 37.3 Å². The lowest BCUT2D eigenvalue weighted by atomic mass is 10.1. The average Bonchev–Trinajstić information content (AvgIpc) is 2.39. The number of aromatic nitrogens is 1. The lowest BCUT2D eigenvalue weighted by Gasteiger charge is -2.18. The third-order valence-corrected chi connectivity index (χ3v) is 3.35. The van der Waals surface area contributed by atoms with Crippen LogP contribution in [0.4, 0.5) is 0 Å². The topological polar surface area (TPSA) is 25.4 Å². The Kier molecular flexibility index (Phi) is 8.36. The summed E-state index contributed by atoms with van der Waals surface area (Å²) >= 11 is 0. The van der Waals surface area contributed by atoms with E-state index in [0.717, 1.165) is 37.9 Å². The van der Waals surface area contributed by atoms with Gasteiger partial charge in [0.05, 0.1) is 6.61 Å². The molecule has 0 aliphatic carbocycles. The zero-order valence-electron chi connectivity index (χ0n) is 14.4. The first-order valence-electron chi connectivity index (χ1n) is 8.23. The van der Waals surface area contributed by atoms with Gasteiger partial charge < -0.3 is 9.64 Å². The van der Waals surface area contributed by atoms with Crippen LogP contribution in [-0.2, 0) is 6.54 Å². The third-order valence-electron chi connectivity index (χ3n) is 3.35. The molecule has 0 radical (unpaired) electrons. The van der Waals surface area contributed by atoms with E-state index in [1.54, 1.807) is 0 Å². The van der Waals surface area contributed by atoms with Crippen LogP contribution < -0.4 is 4.74 Å². The molecule has 0 bridgehead atoms. The number of unbranched alkanes of at least 4 members (excludes halogenated alkanes) is 1. The van der Waals surface area contributed by atoms with E-state index in [1.807, 2.05) is 12.3 Å². The van der Waals surface area contributed by atoms with Crippen molar-refractivity contribution in [1.82, 2.24) is 9.88 Å². The Balaban J connectivity index is 2.27. The minimum absolute atomic E-state index is 0.691. The highest BCUT2D eigenvalue weighted by atomic mass is 16.5. The maximum absolute atomic E-state index is 5.69. The van der Waals surface area contributed by atoms with Crippen molar-refractivity contribution in [3.8, 4) is 5.88 Å². The van der Waals surface area contributed by atoms with E-state index >= 15 is 0 Å². The molecule has 0 aliphatic heterocycles. The van der Waals surface area contributed by atoms with Crippen LogP contribution in [0.25, 0.3) is 0 Å². The molecule has 1 aromatic rings. The van der Waals surface area contributed by atoms with Gasteiger partial charge in [0.25, 0.3) is 0 Å². The lowest BCUT2D eigenvalue weighted by Crippen LogP contribution is -2.22. The summed E-state index contributed by atoms with van der Waals surface area (Å²) in [6.07, 6.45) is 5.55. The Bertz CT molecular complexity index is 373. The fourth-order valence-electron chi connectivity index (χ4n) is 2.42. The molecular weight excluding hydrogens is 260 g/mol. The molecule has 1 aromatic heterocycles. The summed E-state index contributed by atoms with van der Waals surface area (Å²) in [5.41, 5.74) is 1.24. The minimum atomic E-state index is 0.691. The molecule has 1 heterocycles. The maximum Gasteiger partial charge on any atom is 0.213 e. The second-order valence-corrected chi connectivity index (χ2v) is 6.83. The Morgan fingerprint density at radius 3 is 2.43 bits per heavy atom. The normalized spacial score (nSPS) is 11.6. The second kappa shape index (κ2) is 9.78. The molecule has 21 heavy (non-hydrogen) atoms. The first kappa shape index (κ1) is 18.0. The summed E-state index contributed by atoms with van der Waals surface area (Å²) in [5, 5.41) is 0. The molecule has 3 heteroatoms. The first-order chi connectivity index (χ1) is 9.97. The highest BCUT2D eigenvalue weighted by molar-refractivity contribution is 5.17. The predicted octanol–water partition coefficient (Wildman–Crippen LogP) is 4.37. The number of pyridine rings is 1. The van der Waals surface area contributed by atoms with E-state index in [2.05, 4.69) is 50.7 Å². The van der Waals surface area contributed by atoms with Gasteiger partial charge in [-0.3, -0.25) is 0 Å². The molecule has 0 unspecified atom stereocenters. The minimum Gasteiger partial charge on any atom is -0.478 e. The standard InChI is InChI=1S/C18H32N2O/c1-15(2)8-6-7-11-21-18-10-9-17(12-19-18)14-20(5)13-16(3)4/h9-10,12,15-16H,6-8,11,13-14H2,1-5H3. The summed E-state index contributed by atoms with van der Waals surface area (Å²) in [6, 6.07) is 4.11. The quantitative estimate of drug-likeness (QED) is 0.599. The van der Waals surface area contributed by atoms with Gasteiger partial charge >= 0.3 is 0 Å². The van der Waals surface area contributed by atoms with Crippen LogP contribution in [0.5, 0.6) is 5.88 Å². The van der Waals surface area contributed by atoms with Crippen molar-refractivity contribution < 1.29 is 4.74 Å². The molecule has 1 rings (SSSR count). The van der Waals surface area contributed by atoms with Crippen LogP contribution in [0.1, 0.15) is 52.5 Å². The van der Waals surface area contributed by atoms with Crippen molar-refractivity contribution in [2.24, 2.45) is 11.8 Å². The number of hydrogen-bond acceptors (Lipinski definition) is 3. The fourth-order valence-corrected chi connectivity index (χ4v) is 2.42. The van der Waals surface area contributed by atoms with E-state index in [-0.39, 0.29) is 0 Å². The van der Waals surface area contributed by atoms with Crippen LogP contribution in [0, 0.1) is 11.8 Å². The summed E-state index contributed by atoms with van der Waals surface area (Å²) in [5.74, 6) is 2.22. The Morgan fingerprint density at radius 2 is 1.86 bits per heavy atom. The Morgan fingerprint density at radius 1 is 1.10 bits per heavy atom. The highest BCUT2D eigenvalue weighted by Gasteiger charge is 2.04. The van der Waals surface area contributed by atoms with E-state index < -0.39 is 0 Å². The lowest BCUT2D eigenvalue weighted by molar-refractivity contribution is 0.283. The summed E-state index contributed by atoms with van der Waals surface area (Å²) in [4.78, 5) is 6.72. The van der Waals surface area contributed by atoms with Gasteiger partial charge in [0, 0.05) is 25.4 Å². The molecule has 0 fully saturated rings. The number of nitrogens with zero attached hydrogens (tertiary/aromatic N) is 2. The van der Waals surface area contributed by atoms with Gasteiger partial charge in [-0.1, -0.05) is 40.2 Å². The molecule has 0 spiro atoms. The van der Waals surface area contributed by atoms with Gasteiger partial charge in [0.1, 0.15) is 0 Å². The molecule has 0 N–H and O–H groups in total. The average molecular weight is 292 g/mol. The molecule has 0 aromatic carbocycles. The van der Waals surface area contributed by atoms with Gasteiger partial charge in [0.15, 0.2) is 0 Å². The van der Waals surface area contributed by atoms with E-state index in [0.29, 0.717) is 5.92 Å². The third kappa shape index (κ3) is 8.71. The smallest absolute Gasteiger partial charge is 0.213 e. The van der Waals surface area contributed by atoms with Crippen molar-refractivity contribution in [1.29, 1.82) is 0 Å². The molecule has 3 nitrogen and oxygen atoms in total. The van der Waals surface area contributed by atoms with Crippen molar-refractivity contribution in [2.45, 2.75) is 53.5 Å². The van der Waals surface area contributed by atoms with Crippen LogP contribution in [0.15, 0.2) is 18.3 Å². The summed E-state index contributed by atoms with van der Waals surface area (Å²) < 4.78 is 5.69. The molecular formula is C18H32N2O. The summed E-state index contributed by atoms with van der Waals surface area (Å²) in [7, 11) is 2.15. The van der Waals surface area contributed by atoms with Gasteiger partial charge in [0.2, 0.25) is 5.88 Å². The zero-order valence-corrected chi connectivity index (χ0v) is 14.4. The highest BCUT2D eigenvalue weighted by Crippen LogP contribution is 2.11. The molecule has 0 amide bonds. The predicted molar refractivity (Wildman–Crippen MR) is 89.6 cm³/mol. The number of ether oxygens (including phenoxy) is 1. The molecule has 0 saturated carbocycles. The molecule has 0 atom stereocenters. The zero-order chi connectivity index (χ0) is 15.7. The fraction of sp³-hybridized carbons (Fsp3) is 0.722. The summed E-state index contributed by atoms with van der Waals surface area (Å²) in [6.45, 7) is 11.8.